The van der Waals surface area contributed by atoms with Gasteiger partial charge in [0.15, 0.2) is 0 Å². The van der Waals surface area contributed by atoms with Gasteiger partial charge >= 0.3 is 0 Å². The van der Waals surface area contributed by atoms with Gasteiger partial charge in [0.25, 0.3) is 0 Å². The van der Waals surface area contributed by atoms with Crippen LogP contribution in [0.1, 0.15) is 27.2 Å². The first-order valence-electron chi connectivity index (χ1n) is 5.01. The molecule has 0 aromatic heterocycles. The monoisotopic (exact) mass is 185 g/mol. The summed E-state index contributed by atoms with van der Waals surface area (Å²) in [6, 6.07) is 0. The second kappa shape index (κ2) is 4.72. The van der Waals surface area contributed by atoms with Gasteiger partial charge in [-0.15, -0.1) is 0 Å². The van der Waals surface area contributed by atoms with Gasteiger partial charge in [-0.3, -0.25) is 9.69 Å². The molecule has 3 heteroatoms. The molecule has 0 saturated carbocycles. The van der Waals surface area contributed by atoms with Gasteiger partial charge in [-0.2, -0.15) is 0 Å². The number of hydrogen-bond acceptors (Lipinski definition) is 3. The molecule has 0 aromatic carbocycles. The highest BCUT2D eigenvalue weighted by Gasteiger charge is 2.22. The number of nitrogens with zero attached hydrogens (tertiary/aromatic N) is 1. The number of Topliss-reactive ketones (excluding diaryl/α,β-unsaturated/α-hetero) is 1. The molecule has 1 saturated heterocycles. The predicted molar refractivity (Wildman–Crippen MR) is 51.7 cm³/mol. The first-order chi connectivity index (χ1) is 6.11. The van der Waals surface area contributed by atoms with Crippen molar-refractivity contribution in [1.29, 1.82) is 0 Å². The summed E-state index contributed by atoms with van der Waals surface area (Å²) in [7, 11) is 0. The van der Waals surface area contributed by atoms with Crippen molar-refractivity contribution in [3.05, 3.63) is 0 Å². The molecule has 1 heterocycles. The van der Waals surface area contributed by atoms with Crippen molar-refractivity contribution in [2.75, 3.05) is 19.6 Å². The SMILES string of the molecule is CCC(=O)CN1C[C@@H](C)O[C@@H](C)C1. The number of carbonyl (C=O) groups excluding carboxylic acids is 1. The summed E-state index contributed by atoms with van der Waals surface area (Å²) in [6.07, 6.45) is 1.15. The van der Waals surface area contributed by atoms with Crippen molar-refractivity contribution in [1.82, 2.24) is 4.90 Å². The Balaban J connectivity index is 2.37. The highest BCUT2D eigenvalue weighted by molar-refractivity contribution is 5.80. The lowest BCUT2D eigenvalue weighted by Gasteiger charge is -2.34. The Hall–Kier alpha value is -0.410. The molecule has 0 unspecified atom stereocenters. The Morgan fingerprint density at radius 1 is 1.38 bits per heavy atom. The van der Waals surface area contributed by atoms with Gasteiger partial charge in [0, 0.05) is 19.5 Å². The van der Waals surface area contributed by atoms with Crippen molar-refractivity contribution >= 4 is 5.78 Å². The molecule has 1 rings (SSSR count). The molecule has 0 spiro atoms. The molecule has 13 heavy (non-hydrogen) atoms. The average Bonchev–Trinajstić information content (AvgIpc) is 2.02. The molecule has 0 radical (unpaired) electrons. The third-order valence-electron chi connectivity index (χ3n) is 2.29. The summed E-state index contributed by atoms with van der Waals surface area (Å²) in [5.74, 6) is 0.321. The number of hydrogen-bond donors (Lipinski definition) is 0. The van der Waals surface area contributed by atoms with Gasteiger partial charge in [-0.1, -0.05) is 6.92 Å². The van der Waals surface area contributed by atoms with Crippen molar-refractivity contribution in [2.24, 2.45) is 0 Å². The third-order valence-corrected chi connectivity index (χ3v) is 2.29. The number of rotatable bonds is 3. The van der Waals surface area contributed by atoms with Crippen molar-refractivity contribution < 1.29 is 9.53 Å². The van der Waals surface area contributed by atoms with E-state index in [0.717, 1.165) is 13.1 Å². The van der Waals surface area contributed by atoms with Gasteiger partial charge in [-0.25, -0.2) is 0 Å². The molecule has 1 aliphatic rings. The van der Waals surface area contributed by atoms with Crippen LogP contribution in [-0.2, 0) is 9.53 Å². The lowest BCUT2D eigenvalue weighted by atomic mass is 10.2. The average molecular weight is 185 g/mol. The quantitative estimate of drug-likeness (QED) is 0.659. The molecule has 3 nitrogen and oxygen atoms in total. The summed E-state index contributed by atoms with van der Waals surface area (Å²) < 4.78 is 5.58. The van der Waals surface area contributed by atoms with Gasteiger partial charge in [0.05, 0.1) is 18.8 Å². The van der Waals surface area contributed by atoms with Crippen LogP contribution in [0.5, 0.6) is 0 Å². The maximum Gasteiger partial charge on any atom is 0.146 e. The largest absolute Gasteiger partial charge is 0.373 e. The summed E-state index contributed by atoms with van der Waals surface area (Å²) in [5, 5.41) is 0. The lowest BCUT2D eigenvalue weighted by molar-refractivity contribution is -0.123. The molecule has 0 amide bonds. The molecular weight excluding hydrogens is 166 g/mol. The van der Waals surface area contributed by atoms with E-state index in [4.69, 9.17) is 4.74 Å². The molecule has 0 N–H and O–H groups in total. The summed E-state index contributed by atoms with van der Waals surface area (Å²) in [5.41, 5.74) is 0. The molecule has 2 atom stereocenters. The van der Waals surface area contributed by atoms with Crippen LogP contribution in [-0.4, -0.2) is 42.5 Å². The summed E-state index contributed by atoms with van der Waals surface area (Å²) >= 11 is 0. The van der Waals surface area contributed by atoms with Crippen molar-refractivity contribution in [3.63, 3.8) is 0 Å². The Morgan fingerprint density at radius 2 is 1.92 bits per heavy atom. The lowest BCUT2D eigenvalue weighted by Crippen LogP contribution is -2.47. The number of carbonyl (C=O) groups is 1. The highest BCUT2D eigenvalue weighted by atomic mass is 16.5. The van der Waals surface area contributed by atoms with Gasteiger partial charge < -0.3 is 4.74 Å². The molecule has 1 fully saturated rings. The second-order valence-electron chi connectivity index (χ2n) is 3.84. The molecule has 0 aliphatic carbocycles. The Morgan fingerprint density at radius 3 is 2.38 bits per heavy atom. The maximum atomic E-state index is 11.2. The van der Waals surface area contributed by atoms with E-state index in [1.807, 2.05) is 6.92 Å². The van der Waals surface area contributed by atoms with Crippen LogP contribution >= 0.6 is 0 Å². The standard InChI is InChI=1S/C10H19NO2/c1-4-10(12)7-11-5-8(2)13-9(3)6-11/h8-9H,4-7H2,1-3H3/t8-,9+. The van der Waals surface area contributed by atoms with E-state index < -0.39 is 0 Å². The zero-order valence-electron chi connectivity index (χ0n) is 8.75. The van der Waals surface area contributed by atoms with E-state index in [1.54, 1.807) is 0 Å². The van der Waals surface area contributed by atoms with Crippen LogP contribution in [0, 0.1) is 0 Å². The summed E-state index contributed by atoms with van der Waals surface area (Å²) in [6.45, 7) is 8.38. The molecule has 76 valence electrons. The maximum absolute atomic E-state index is 11.2. The molecule has 0 bridgehead atoms. The van der Waals surface area contributed by atoms with Crippen LogP contribution in [0.3, 0.4) is 0 Å². The predicted octanol–water partition coefficient (Wildman–Crippen LogP) is 1.07. The van der Waals surface area contributed by atoms with Gasteiger partial charge in [0.1, 0.15) is 5.78 Å². The van der Waals surface area contributed by atoms with Crippen LogP contribution in [0.4, 0.5) is 0 Å². The summed E-state index contributed by atoms with van der Waals surface area (Å²) in [4.78, 5) is 13.4. The first kappa shape index (κ1) is 10.7. The Bertz CT molecular complexity index is 172. The Labute approximate surface area is 80.1 Å². The fourth-order valence-electron chi connectivity index (χ4n) is 1.77. The zero-order valence-corrected chi connectivity index (χ0v) is 8.75. The minimum absolute atomic E-state index is 0.258. The Kier molecular flexibility index (Phi) is 3.88. The fraction of sp³-hybridized carbons (Fsp3) is 0.900. The molecule has 1 aliphatic heterocycles. The smallest absolute Gasteiger partial charge is 0.146 e. The van der Waals surface area contributed by atoms with Crippen LogP contribution in [0.25, 0.3) is 0 Å². The molecular formula is C10H19NO2. The number of ketones is 1. The van der Waals surface area contributed by atoms with Crippen LogP contribution in [0.2, 0.25) is 0 Å². The van der Waals surface area contributed by atoms with E-state index in [1.165, 1.54) is 0 Å². The van der Waals surface area contributed by atoms with E-state index >= 15 is 0 Å². The minimum Gasteiger partial charge on any atom is -0.373 e. The van der Waals surface area contributed by atoms with E-state index in [2.05, 4.69) is 18.7 Å². The van der Waals surface area contributed by atoms with Crippen LogP contribution in [0.15, 0.2) is 0 Å². The van der Waals surface area contributed by atoms with E-state index in [0.29, 0.717) is 18.7 Å². The van der Waals surface area contributed by atoms with E-state index in [9.17, 15) is 4.79 Å². The van der Waals surface area contributed by atoms with Crippen LogP contribution < -0.4 is 0 Å². The fourth-order valence-corrected chi connectivity index (χ4v) is 1.77. The van der Waals surface area contributed by atoms with Gasteiger partial charge in [0.2, 0.25) is 0 Å². The topological polar surface area (TPSA) is 29.5 Å². The highest BCUT2D eigenvalue weighted by Crippen LogP contribution is 2.10. The second-order valence-corrected chi connectivity index (χ2v) is 3.84. The zero-order chi connectivity index (χ0) is 9.84. The number of ether oxygens (including phenoxy) is 1. The molecule has 0 aromatic rings. The van der Waals surface area contributed by atoms with Crippen molar-refractivity contribution in [3.8, 4) is 0 Å². The normalized spacial score (nSPS) is 30.4. The minimum atomic E-state index is 0.258. The number of morpholine rings is 1. The van der Waals surface area contributed by atoms with Gasteiger partial charge in [-0.05, 0) is 13.8 Å². The van der Waals surface area contributed by atoms with E-state index in [-0.39, 0.29) is 12.2 Å². The first-order valence-corrected chi connectivity index (χ1v) is 5.01. The van der Waals surface area contributed by atoms with Crippen molar-refractivity contribution in [2.45, 2.75) is 39.4 Å². The third kappa shape index (κ3) is 3.44.